The number of likely N-dealkylation sites (tertiary alicyclic amines) is 1. The quantitative estimate of drug-likeness (QED) is 0.0271. The van der Waals surface area contributed by atoms with Crippen LogP contribution in [-0.4, -0.2) is 116 Å². The van der Waals surface area contributed by atoms with E-state index in [1.807, 2.05) is 0 Å². The number of carboxylic acid groups (broad SMARTS) is 2. The van der Waals surface area contributed by atoms with Crippen molar-refractivity contribution in [2.75, 3.05) is 13.1 Å². The largest absolute Gasteiger partial charge is 0.508 e. The van der Waals surface area contributed by atoms with Crippen LogP contribution in [0.25, 0.3) is 0 Å². The highest BCUT2D eigenvalue weighted by Crippen LogP contribution is 2.24. The summed E-state index contributed by atoms with van der Waals surface area (Å²) in [6.07, 6.45) is -1.65. The molecule has 1 saturated heterocycles. The maximum absolute atomic E-state index is 13.6. The number of amides is 5. The number of aliphatic carboxylic acids is 2. The van der Waals surface area contributed by atoms with Crippen LogP contribution in [0.2, 0.25) is 0 Å². The molecule has 1 aliphatic heterocycles. The molecule has 2 rings (SSSR count). The minimum Gasteiger partial charge on any atom is -0.508 e. The third kappa shape index (κ3) is 12.6. The molecule has 14 N–H and O–H groups in total. The number of carbonyl (C=O) groups excluding carboxylic acids is 6. The van der Waals surface area contributed by atoms with Crippen LogP contribution in [-0.2, 0) is 44.8 Å². The zero-order valence-electron chi connectivity index (χ0n) is 28.0. The molecule has 0 aromatic heterocycles. The maximum Gasteiger partial charge on any atom is 0.326 e. The summed E-state index contributed by atoms with van der Waals surface area (Å²) in [5.74, 6) is -8.79. The summed E-state index contributed by atoms with van der Waals surface area (Å²) >= 11 is 0. The Labute approximate surface area is 292 Å². The molecule has 0 radical (unpaired) electrons. The molecule has 0 bridgehead atoms. The Kier molecular flexibility index (Phi) is 15.3. The molecule has 280 valence electrons. The molecule has 5 amide bonds. The summed E-state index contributed by atoms with van der Waals surface area (Å²) < 4.78 is 0. The Morgan fingerprint density at radius 1 is 0.941 bits per heavy atom. The lowest BCUT2D eigenvalue weighted by Crippen LogP contribution is -2.63. The number of rotatable bonds is 20. The average Bonchev–Trinajstić information content (AvgIpc) is 3.54. The van der Waals surface area contributed by atoms with Gasteiger partial charge in [0.05, 0.1) is 6.42 Å². The molecule has 51 heavy (non-hydrogen) atoms. The van der Waals surface area contributed by atoms with Crippen molar-refractivity contribution >= 4 is 53.2 Å². The number of phenols is 1. The topological polar surface area (TPSA) is 353 Å². The number of guanidine groups is 1. The minimum atomic E-state index is -2.03. The molecule has 0 aliphatic carbocycles. The van der Waals surface area contributed by atoms with Crippen LogP contribution in [0.1, 0.15) is 57.4 Å². The highest BCUT2D eigenvalue weighted by atomic mass is 16.4. The fourth-order valence-electron chi connectivity index (χ4n) is 5.36. The number of nitrogens with two attached hydrogens (primary N) is 4. The average molecular weight is 720 g/mol. The van der Waals surface area contributed by atoms with Gasteiger partial charge in [-0.3, -0.25) is 38.6 Å². The number of aromatic hydroxyl groups is 1. The van der Waals surface area contributed by atoms with Gasteiger partial charge < -0.3 is 59.1 Å². The Morgan fingerprint density at radius 3 is 2.10 bits per heavy atom. The Balaban J connectivity index is 2.25. The van der Waals surface area contributed by atoms with Gasteiger partial charge in [0.15, 0.2) is 17.3 Å². The van der Waals surface area contributed by atoms with Gasteiger partial charge in [0.25, 0.3) is 5.91 Å². The number of primary amides is 1. The number of phenolic OH excluding ortho intramolecular Hbond substituents is 1. The first-order valence-electron chi connectivity index (χ1n) is 15.9. The number of nitrogens with one attached hydrogen (secondary N) is 3. The number of ketones is 1. The SMILES string of the molecule is CC(=O)[C@](N)(CCCN=C(N)N)C(=O)N1CCC[C@H]1C(=O)N[C@@H](CC(=O)O)C(=O)N[C@@H](CCC(N)=O)C(=O)N[C@@H](Cc1ccc(O)cc1)C(=O)O. The molecule has 1 aromatic rings. The lowest BCUT2D eigenvalue weighted by Gasteiger charge is -2.33. The number of hydrogen-bond donors (Lipinski definition) is 10. The first kappa shape index (κ1) is 41.4. The van der Waals surface area contributed by atoms with E-state index in [4.69, 9.17) is 22.9 Å². The van der Waals surface area contributed by atoms with Gasteiger partial charge >= 0.3 is 11.9 Å². The van der Waals surface area contributed by atoms with E-state index in [1.165, 1.54) is 24.3 Å². The van der Waals surface area contributed by atoms with Crippen molar-refractivity contribution in [1.82, 2.24) is 20.9 Å². The highest BCUT2D eigenvalue weighted by molar-refractivity contribution is 6.10. The van der Waals surface area contributed by atoms with Gasteiger partial charge in [0, 0.05) is 25.9 Å². The summed E-state index contributed by atoms with van der Waals surface area (Å²) in [6.45, 7) is 1.22. The number of Topliss-reactive ketones (excluding diaryl/α,β-unsaturated/α-hetero) is 1. The van der Waals surface area contributed by atoms with Crippen LogP contribution in [0.15, 0.2) is 29.3 Å². The molecule has 1 heterocycles. The zero-order chi connectivity index (χ0) is 38.5. The summed E-state index contributed by atoms with van der Waals surface area (Å²) in [5.41, 5.74) is 20.5. The molecule has 20 nitrogen and oxygen atoms in total. The van der Waals surface area contributed by atoms with E-state index >= 15 is 0 Å². The fourth-order valence-corrected chi connectivity index (χ4v) is 5.36. The van der Waals surface area contributed by atoms with E-state index in [0.717, 1.165) is 11.8 Å². The summed E-state index contributed by atoms with van der Waals surface area (Å²) in [4.78, 5) is 106. The van der Waals surface area contributed by atoms with Crippen LogP contribution < -0.4 is 38.9 Å². The normalized spacial score (nSPS) is 16.7. The first-order chi connectivity index (χ1) is 23.8. The van der Waals surface area contributed by atoms with Crippen LogP contribution >= 0.6 is 0 Å². The summed E-state index contributed by atoms with van der Waals surface area (Å²) in [7, 11) is 0. The number of nitrogens with zero attached hydrogens (tertiary/aromatic N) is 2. The monoisotopic (exact) mass is 719 g/mol. The third-order valence-electron chi connectivity index (χ3n) is 8.16. The number of carbonyl (C=O) groups is 8. The van der Waals surface area contributed by atoms with Crippen molar-refractivity contribution in [2.45, 2.75) is 88.0 Å². The van der Waals surface area contributed by atoms with Gasteiger partial charge in [0.1, 0.15) is 29.9 Å². The number of aliphatic imine (C=N–C) groups is 1. The van der Waals surface area contributed by atoms with Gasteiger partial charge in [-0.15, -0.1) is 0 Å². The first-order valence-corrected chi connectivity index (χ1v) is 15.9. The fraction of sp³-hybridized carbons (Fsp3) is 0.516. The van der Waals surface area contributed by atoms with Crippen molar-refractivity contribution in [3.05, 3.63) is 29.8 Å². The zero-order valence-corrected chi connectivity index (χ0v) is 28.0. The van der Waals surface area contributed by atoms with Crippen molar-refractivity contribution in [2.24, 2.45) is 27.9 Å². The van der Waals surface area contributed by atoms with Gasteiger partial charge in [0.2, 0.25) is 23.6 Å². The standard InChI is InChI=1S/C31H45N9O11/c1-16(41)31(35,11-3-12-36-30(33)34)29(51)40-13-2-4-22(40)27(48)38-20(15-24(44)45)26(47)37-19(9-10-23(32)43)25(46)39-21(28(49)50)14-17-5-7-18(42)8-6-17/h5-8,19-22,42H,2-4,9-15,35H2,1H3,(H2,32,43)(H,37,47)(H,38,48)(H,39,46)(H,44,45)(H,49,50)(H4,33,34,36)/t19-,20-,21-,22-,31+/m0/s1. The molecule has 1 fully saturated rings. The Hall–Kier alpha value is -5.79. The predicted molar refractivity (Wildman–Crippen MR) is 178 cm³/mol. The van der Waals surface area contributed by atoms with Crippen LogP contribution in [0, 0.1) is 0 Å². The minimum absolute atomic E-state index is 0.0249. The van der Waals surface area contributed by atoms with Crippen LogP contribution in [0.4, 0.5) is 0 Å². The van der Waals surface area contributed by atoms with Crippen molar-refractivity contribution in [3.8, 4) is 5.75 Å². The lowest BCUT2D eigenvalue weighted by atomic mass is 9.88. The second kappa shape index (κ2) is 18.8. The van der Waals surface area contributed by atoms with Crippen molar-refractivity contribution in [3.63, 3.8) is 0 Å². The molecule has 1 aromatic carbocycles. The second-order valence-corrected chi connectivity index (χ2v) is 12.1. The van der Waals surface area contributed by atoms with Gasteiger partial charge in [-0.25, -0.2) is 4.79 Å². The Bertz CT molecular complexity index is 1510. The van der Waals surface area contributed by atoms with Crippen molar-refractivity contribution in [1.29, 1.82) is 0 Å². The smallest absolute Gasteiger partial charge is 0.326 e. The highest BCUT2D eigenvalue weighted by Gasteiger charge is 2.46. The number of benzene rings is 1. The molecular formula is C31H45N9O11. The number of hydrogen-bond acceptors (Lipinski definition) is 11. The molecule has 0 spiro atoms. The predicted octanol–water partition coefficient (Wildman–Crippen LogP) is -3.46. The van der Waals surface area contributed by atoms with E-state index in [1.54, 1.807) is 0 Å². The van der Waals surface area contributed by atoms with Crippen LogP contribution in [0.5, 0.6) is 5.75 Å². The molecular weight excluding hydrogens is 674 g/mol. The van der Waals surface area contributed by atoms with Crippen molar-refractivity contribution < 1.29 is 53.7 Å². The summed E-state index contributed by atoms with van der Waals surface area (Å²) in [5, 5.41) is 35.5. The van der Waals surface area contributed by atoms with Gasteiger partial charge in [-0.1, -0.05) is 12.1 Å². The molecule has 5 atom stereocenters. The lowest BCUT2D eigenvalue weighted by molar-refractivity contribution is -0.148. The van der Waals surface area contributed by atoms with E-state index < -0.39 is 96.2 Å². The third-order valence-corrected chi connectivity index (χ3v) is 8.16. The van der Waals surface area contributed by atoms with E-state index in [9.17, 15) is 53.7 Å². The van der Waals surface area contributed by atoms with Gasteiger partial charge in [-0.05, 0) is 56.7 Å². The van der Waals surface area contributed by atoms with Gasteiger partial charge in [-0.2, -0.15) is 0 Å². The van der Waals surface area contributed by atoms with E-state index in [-0.39, 0.29) is 50.5 Å². The summed E-state index contributed by atoms with van der Waals surface area (Å²) in [6, 6.07) is -0.670. The molecule has 20 heteroatoms. The Morgan fingerprint density at radius 2 is 1.55 bits per heavy atom. The van der Waals surface area contributed by atoms with Crippen LogP contribution in [0.3, 0.4) is 0 Å². The molecule has 0 unspecified atom stereocenters. The second-order valence-electron chi connectivity index (χ2n) is 12.1. The number of carboxylic acids is 2. The molecule has 0 saturated carbocycles. The maximum atomic E-state index is 13.6. The molecule has 1 aliphatic rings. The van der Waals surface area contributed by atoms with E-state index in [2.05, 4.69) is 20.9 Å². The van der Waals surface area contributed by atoms with E-state index in [0.29, 0.717) is 12.0 Å².